The molecule has 1 heterocycles. The first kappa shape index (κ1) is 13.3. The van der Waals surface area contributed by atoms with E-state index in [-0.39, 0.29) is 10.9 Å². The third-order valence-electron chi connectivity index (χ3n) is 2.09. The monoisotopic (exact) mass is 289 g/mol. The Morgan fingerprint density at radius 3 is 2.58 bits per heavy atom. The van der Waals surface area contributed by atoms with Crippen LogP contribution in [0.5, 0.6) is 10.9 Å². The Labute approximate surface area is 109 Å². The summed E-state index contributed by atoms with van der Waals surface area (Å²) in [6.07, 6.45) is -4.55. The van der Waals surface area contributed by atoms with Crippen molar-refractivity contribution in [2.24, 2.45) is 0 Å². The maximum absolute atomic E-state index is 12.7. The maximum Gasteiger partial charge on any atom is 0.419 e. The van der Waals surface area contributed by atoms with E-state index in [1.165, 1.54) is 17.5 Å². The zero-order valence-corrected chi connectivity index (χ0v) is 9.96. The van der Waals surface area contributed by atoms with Crippen LogP contribution in [0.25, 0.3) is 0 Å². The van der Waals surface area contributed by atoms with E-state index >= 15 is 0 Å². The zero-order valence-electron chi connectivity index (χ0n) is 9.14. The second-order valence-electron chi connectivity index (χ2n) is 3.40. The molecule has 19 heavy (non-hydrogen) atoms. The third kappa shape index (κ3) is 3.02. The Morgan fingerprint density at radius 1 is 1.32 bits per heavy atom. The molecule has 0 bridgehead atoms. The number of benzene rings is 1. The summed E-state index contributed by atoms with van der Waals surface area (Å²) in [5.74, 6) is -1.68. The van der Waals surface area contributed by atoms with Crippen LogP contribution in [0.3, 0.4) is 0 Å². The van der Waals surface area contributed by atoms with Gasteiger partial charge in [-0.05, 0) is 12.1 Å². The van der Waals surface area contributed by atoms with E-state index in [1.807, 2.05) is 0 Å². The van der Waals surface area contributed by atoms with Gasteiger partial charge in [0.15, 0.2) is 5.69 Å². The van der Waals surface area contributed by atoms with Crippen LogP contribution in [0.2, 0.25) is 0 Å². The number of hydrogen-bond donors (Lipinski definition) is 1. The molecular formula is C11H6F3NO3S. The van der Waals surface area contributed by atoms with Crippen molar-refractivity contribution in [3.63, 3.8) is 0 Å². The molecule has 1 aromatic carbocycles. The number of ether oxygens (including phenoxy) is 1. The highest BCUT2D eigenvalue weighted by Gasteiger charge is 2.34. The predicted octanol–water partition coefficient (Wildman–Crippen LogP) is 3.65. The molecule has 0 aliphatic heterocycles. The van der Waals surface area contributed by atoms with Crippen LogP contribution in [-0.2, 0) is 6.18 Å². The van der Waals surface area contributed by atoms with E-state index in [9.17, 15) is 18.0 Å². The number of carbonyl (C=O) groups is 1. The molecule has 0 saturated carbocycles. The van der Waals surface area contributed by atoms with Crippen LogP contribution in [0.15, 0.2) is 29.6 Å². The molecule has 2 rings (SSSR count). The van der Waals surface area contributed by atoms with Gasteiger partial charge in [0.25, 0.3) is 5.19 Å². The van der Waals surface area contributed by atoms with Crippen LogP contribution in [-0.4, -0.2) is 16.1 Å². The normalized spacial score (nSPS) is 11.3. The second-order valence-corrected chi connectivity index (χ2v) is 4.22. The number of alkyl halides is 3. The molecule has 4 nitrogen and oxygen atoms in total. The average Bonchev–Trinajstić information content (AvgIpc) is 2.77. The number of carboxylic acids is 1. The van der Waals surface area contributed by atoms with Crippen molar-refractivity contribution in [2.45, 2.75) is 6.18 Å². The van der Waals surface area contributed by atoms with Gasteiger partial charge in [-0.1, -0.05) is 23.5 Å². The molecule has 1 N–H and O–H groups in total. The van der Waals surface area contributed by atoms with Crippen molar-refractivity contribution >= 4 is 17.3 Å². The summed E-state index contributed by atoms with van der Waals surface area (Å²) >= 11 is 0.811. The van der Waals surface area contributed by atoms with Crippen molar-refractivity contribution in [3.05, 3.63) is 40.9 Å². The maximum atomic E-state index is 12.7. The number of carboxylic acid groups (broad SMARTS) is 1. The van der Waals surface area contributed by atoms with E-state index in [0.29, 0.717) is 0 Å². The Kier molecular flexibility index (Phi) is 3.43. The lowest BCUT2D eigenvalue weighted by Gasteiger charge is -2.11. The smallest absolute Gasteiger partial charge is 0.419 e. The molecule has 100 valence electrons. The molecule has 8 heteroatoms. The van der Waals surface area contributed by atoms with Crippen molar-refractivity contribution < 1.29 is 27.8 Å². The summed E-state index contributed by atoms with van der Waals surface area (Å²) in [6.45, 7) is 0. The molecular weight excluding hydrogens is 283 g/mol. The molecule has 1 aromatic heterocycles. The molecule has 0 radical (unpaired) electrons. The molecule has 0 aliphatic rings. The summed E-state index contributed by atoms with van der Waals surface area (Å²) in [5, 5.41) is 9.69. The second kappa shape index (κ2) is 4.88. The van der Waals surface area contributed by atoms with E-state index in [4.69, 9.17) is 9.84 Å². The minimum absolute atomic E-state index is 0.158. The van der Waals surface area contributed by atoms with Crippen molar-refractivity contribution in [1.82, 2.24) is 4.98 Å². The lowest BCUT2D eigenvalue weighted by Crippen LogP contribution is -2.06. The molecule has 0 saturated heterocycles. The molecule has 0 spiro atoms. The van der Waals surface area contributed by atoms with Gasteiger partial charge in [-0.25, -0.2) is 4.79 Å². The van der Waals surface area contributed by atoms with Gasteiger partial charge in [0.05, 0.1) is 5.56 Å². The standard InChI is InChI=1S/C11H6F3NO3S/c12-11(13,14)6-3-1-2-4-8(6)18-10-15-7(5-19-10)9(16)17/h1-5H,(H,16,17). The Bertz CT molecular complexity index is 609. The van der Waals surface area contributed by atoms with Gasteiger partial charge in [-0.3, -0.25) is 0 Å². The van der Waals surface area contributed by atoms with Crippen molar-refractivity contribution in [3.8, 4) is 10.9 Å². The third-order valence-corrected chi connectivity index (χ3v) is 2.81. The summed E-state index contributed by atoms with van der Waals surface area (Å²) in [6, 6.07) is 4.64. The number of halogens is 3. The fourth-order valence-corrected chi connectivity index (χ4v) is 1.94. The highest BCUT2D eigenvalue weighted by molar-refractivity contribution is 7.11. The summed E-state index contributed by atoms with van der Waals surface area (Å²) in [4.78, 5) is 14.2. The Morgan fingerprint density at radius 2 is 2.00 bits per heavy atom. The van der Waals surface area contributed by atoms with Gasteiger partial charge in [0.2, 0.25) is 0 Å². The number of aromatic nitrogens is 1. The molecule has 2 aromatic rings. The molecule has 0 amide bonds. The Hall–Kier alpha value is -2.09. The number of thiazole rings is 1. The van der Waals surface area contributed by atoms with Crippen molar-refractivity contribution in [2.75, 3.05) is 0 Å². The first-order valence-electron chi connectivity index (χ1n) is 4.91. The van der Waals surface area contributed by atoms with Crippen LogP contribution >= 0.6 is 11.3 Å². The predicted molar refractivity (Wildman–Crippen MR) is 60.6 cm³/mol. The van der Waals surface area contributed by atoms with Crippen LogP contribution in [0.1, 0.15) is 16.1 Å². The van der Waals surface area contributed by atoms with Gasteiger partial charge in [0, 0.05) is 5.38 Å². The minimum Gasteiger partial charge on any atom is -0.476 e. The summed E-state index contributed by atoms with van der Waals surface area (Å²) < 4.78 is 43.1. The SMILES string of the molecule is O=C(O)c1csc(Oc2ccccc2C(F)(F)F)n1. The van der Waals surface area contributed by atoms with Crippen LogP contribution in [0, 0.1) is 0 Å². The van der Waals surface area contributed by atoms with E-state index < -0.39 is 23.5 Å². The molecule has 0 aliphatic carbocycles. The number of hydrogen-bond acceptors (Lipinski definition) is 4. The lowest BCUT2D eigenvalue weighted by atomic mass is 10.2. The largest absolute Gasteiger partial charge is 0.476 e. The molecule has 0 fully saturated rings. The first-order chi connectivity index (χ1) is 8.88. The van der Waals surface area contributed by atoms with Gasteiger partial charge in [0.1, 0.15) is 5.75 Å². The Balaban J connectivity index is 2.30. The molecule has 0 unspecified atom stereocenters. The quantitative estimate of drug-likeness (QED) is 0.937. The lowest BCUT2D eigenvalue weighted by molar-refractivity contribution is -0.138. The van der Waals surface area contributed by atoms with Gasteiger partial charge < -0.3 is 9.84 Å². The molecule has 0 atom stereocenters. The topological polar surface area (TPSA) is 59.4 Å². The van der Waals surface area contributed by atoms with E-state index in [2.05, 4.69) is 4.98 Å². The number of aromatic carboxylic acids is 1. The van der Waals surface area contributed by atoms with Gasteiger partial charge >= 0.3 is 12.1 Å². The fraction of sp³-hybridized carbons (Fsp3) is 0.0909. The minimum atomic E-state index is -4.55. The summed E-state index contributed by atoms with van der Waals surface area (Å²) in [5.41, 5.74) is -1.22. The van der Waals surface area contributed by atoms with Gasteiger partial charge in [-0.2, -0.15) is 18.2 Å². The van der Waals surface area contributed by atoms with Crippen LogP contribution < -0.4 is 4.74 Å². The fourth-order valence-electron chi connectivity index (χ4n) is 1.29. The first-order valence-corrected chi connectivity index (χ1v) is 5.79. The van der Waals surface area contributed by atoms with E-state index in [0.717, 1.165) is 23.5 Å². The highest BCUT2D eigenvalue weighted by atomic mass is 32.1. The number of rotatable bonds is 3. The van der Waals surface area contributed by atoms with Crippen LogP contribution in [0.4, 0.5) is 13.2 Å². The average molecular weight is 289 g/mol. The summed E-state index contributed by atoms with van der Waals surface area (Å²) in [7, 11) is 0. The van der Waals surface area contributed by atoms with Gasteiger partial charge in [-0.15, -0.1) is 0 Å². The van der Waals surface area contributed by atoms with E-state index in [1.54, 1.807) is 0 Å². The zero-order chi connectivity index (χ0) is 14.0. The number of para-hydroxylation sites is 1. The number of nitrogens with zero attached hydrogens (tertiary/aromatic N) is 1. The van der Waals surface area contributed by atoms with Crippen molar-refractivity contribution in [1.29, 1.82) is 0 Å². The highest BCUT2D eigenvalue weighted by Crippen LogP contribution is 2.38.